The first-order chi connectivity index (χ1) is 8.77. The summed E-state index contributed by atoms with van der Waals surface area (Å²) in [6, 6.07) is 0. The highest BCUT2D eigenvalue weighted by atomic mass is 16.5. The van der Waals surface area contributed by atoms with Crippen molar-refractivity contribution < 1.29 is 4.74 Å². The van der Waals surface area contributed by atoms with Crippen molar-refractivity contribution in [3.05, 3.63) is 0 Å². The van der Waals surface area contributed by atoms with Crippen LogP contribution in [0.3, 0.4) is 0 Å². The van der Waals surface area contributed by atoms with Gasteiger partial charge in [-0.2, -0.15) is 0 Å². The van der Waals surface area contributed by atoms with Crippen molar-refractivity contribution in [2.75, 3.05) is 33.4 Å². The van der Waals surface area contributed by atoms with E-state index in [1.54, 1.807) is 0 Å². The van der Waals surface area contributed by atoms with Gasteiger partial charge in [-0.05, 0) is 45.1 Å². The zero-order chi connectivity index (χ0) is 12.8. The van der Waals surface area contributed by atoms with E-state index in [4.69, 9.17) is 10.5 Å². The third-order valence-electron chi connectivity index (χ3n) is 5.09. The van der Waals surface area contributed by atoms with Gasteiger partial charge in [-0.3, -0.25) is 4.90 Å². The van der Waals surface area contributed by atoms with Gasteiger partial charge in [0.25, 0.3) is 0 Å². The van der Waals surface area contributed by atoms with E-state index in [2.05, 4.69) is 11.9 Å². The minimum atomic E-state index is 0.202. The maximum atomic E-state index is 6.12. The van der Waals surface area contributed by atoms with Gasteiger partial charge in [0, 0.05) is 31.8 Å². The van der Waals surface area contributed by atoms with Crippen molar-refractivity contribution >= 4 is 0 Å². The summed E-state index contributed by atoms with van der Waals surface area (Å²) in [5, 5.41) is 0. The summed E-state index contributed by atoms with van der Waals surface area (Å²) in [4.78, 5) is 2.57. The van der Waals surface area contributed by atoms with E-state index in [1.165, 1.54) is 45.1 Å². The second-order valence-corrected chi connectivity index (χ2v) is 6.28. The van der Waals surface area contributed by atoms with E-state index >= 15 is 0 Å². The summed E-state index contributed by atoms with van der Waals surface area (Å²) in [6.07, 6.45) is 10.6. The average molecular weight is 254 g/mol. The molecular formula is C15H30N2O. The Morgan fingerprint density at radius 1 is 1.11 bits per heavy atom. The van der Waals surface area contributed by atoms with Crippen molar-refractivity contribution in [2.24, 2.45) is 11.7 Å². The molecule has 1 aliphatic heterocycles. The molecule has 18 heavy (non-hydrogen) atoms. The molecule has 1 atom stereocenters. The number of likely N-dealkylation sites (N-methyl/N-ethyl adjacent to an activating group) is 1. The molecule has 0 bridgehead atoms. The number of nitrogens with two attached hydrogens (primary N) is 1. The summed E-state index contributed by atoms with van der Waals surface area (Å²) in [6.45, 7) is 3.81. The molecule has 2 aliphatic rings. The standard InChI is InChI=1S/C15H30N2O/c1-17(12-14-6-3-2-4-7-14)15(13-16)8-5-10-18-11-9-15/h14H,2-13,16H2,1H3. The normalized spacial score (nSPS) is 31.5. The first kappa shape index (κ1) is 14.3. The van der Waals surface area contributed by atoms with Gasteiger partial charge in [0.2, 0.25) is 0 Å². The van der Waals surface area contributed by atoms with E-state index < -0.39 is 0 Å². The first-order valence-corrected chi connectivity index (χ1v) is 7.76. The van der Waals surface area contributed by atoms with Crippen LogP contribution < -0.4 is 5.73 Å². The molecule has 2 N–H and O–H groups in total. The molecule has 1 saturated carbocycles. The fourth-order valence-corrected chi connectivity index (χ4v) is 3.68. The molecule has 0 radical (unpaired) electrons. The van der Waals surface area contributed by atoms with Crippen LogP contribution in [-0.4, -0.2) is 43.8 Å². The lowest BCUT2D eigenvalue weighted by Crippen LogP contribution is -2.53. The minimum absolute atomic E-state index is 0.202. The summed E-state index contributed by atoms with van der Waals surface area (Å²) in [7, 11) is 2.28. The smallest absolute Gasteiger partial charge is 0.0484 e. The van der Waals surface area contributed by atoms with Crippen LogP contribution in [0.25, 0.3) is 0 Å². The molecule has 1 unspecified atom stereocenters. The van der Waals surface area contributed by atoms with Crippen LogP contribution in [-0.2, 0) is 4.74 Å². The van der Waals surface area contributed by atoms with Crippen LogP contribution >= 0.6 is 0 Å². The van der Waals surface area contributed by atoms with Crippen LogP contribution in [0.2, 0.25) is 0 Å². The summed E-state index contributed by atoms with van der Waals surface area (Å²) < 4.78 is 5.61. The lowest BCUT2D eigenvalue weighted by molar-refractivity contribution is 0.0700. The molecule has 0 aromatic carbocycles. The summed E-state index contributed by atoms with van der Waals surface area (Å²) in [5.41, 5.74) is 6.32. The predicted molar refractivity (Wildman–Crippen MR) is 75.7 cm³/mol. The second kappa shape index (κ2) is 6.88. The number of nitrogens with zero attached hydrogens (tertiary/aromatic N) is 1. The Kier molecular flexibility index (Phi) is 5.46. The van der Waals surface area contributed by atoms with Gasteiger partial charge in [-0.15, -0.1) is 0 Å². The maximum absolute atomic E-state index is 6.12. The number of hydrogen-bond acceptors (Lipinski definition) is 3. The Bertz CT molecular complexity index is 231. The zero-order valence-electron chi connectivity index (χ0n) is 12.0. The fraction of sp³-hybridized carbons (Fsp3) is 1.00. The molecule has 1 saturated heterocycles. The van der Waals surface area contributed by atoms with E-state index in [9.17, 15) is 0 Å². The molecule has 0 aromatic heterocycles. The van der Waals surface area contributed by atoms with Crippen LogP contribution in [0.1, 0.15) is 51.4 Å². The van der Waals surface area contributed by atoms with Crippen LogP contribution in [0, 0.1) is 5.92 Å². The van der Waals surface area contributed by atoms with Crippen molar-refractivity contribution in [3.63, 3.8) is 0 Å². The Morgan fingerprint density at radius 3 is 2.61 bits per heavy atom. The molecule has 0 amide bonds. The van der Waals surface area contributed by atoms with E-state index in [-0.39, 0.29) is 5.54 Å². The van der Waals surface area contributed by atoms with E-state index in [0.717, 1.165) is 38.5 Å². The molecule has 3 nitrogen and oxygen atoms in total. The van der Waals surface area contributed by atoms with Gasteiger partial charge in [0.05, 0.1) is 0 Å². The third-order valence-corrected chi connectivity index (χ3v) is 5.09. The Hall–Kier alpha value is -0.120. The fourth-order valence-electron chi connectivity index (χ4n) is 3.68. The van der Waals surface area contributed by atoms with Crippen molar-refractivity contribution in [2.45, 2.75) is 56.9 Å². The second-order valence-electron chi connectivity index (χ2n) is 6.28. The molecule has 3 heteroatoms. The SMILES string of the molecule is CN(CC1CCCCC1)C1(CN)CCCOCC1. The van der Waals surface area contributed by atoms with Gasteiger partial charge >= 0.3 is 0 Å². The van der Waals surface area contributed by atoms with Crippen molar-refractivity contribution in [1.82, 2.24) is 4.90 Å². The topological polar surface area (TPSA) is 38.5 Å². The predicted octanol–water partition coefficient (Wildman–Crippen LogP) is 2.40. The summed E-state index contributed by atoms with van der Waals surface area (Å²) in [5.74, 6) is 0.899. The molecule has 1 aliphatic carbocycles. The molecule has 2 fully saturated rings. The van der Waals surface area contributed by atoms with Crippen LogP contribution in [0.5, 0.6) is 0 Å². The van der Waals surface area contributed by atoms with Gasteiger partial charge in [0.15, 0.2) is 0 Å². The molecule has 2 rings (SSSR count). The summed E-state index contributed by atoms with van der Waals surface area (Å²) >= 11 is 0. The number of hydrogen-bond donors (Lipinski definition) is 1. The van der Waals surface area contributed by atoms with E-state index in [0.29, 0.717) is 0 Å². The quantitative estimate of drug-likeness (QED) is 0.837. The molecular weight excluding hydrogens is 224 g/mol. The largest absolute Gasteiger partial charge is 0.381 e. The first-order valence-electron chi connectivity index (χ1n) is 7.76. The Morgan fingerprint density at radius 2 is 1.89 bits per heavy atom. The number of ether oxygens (including phenoxy) is 1. The highest BCUT2D eigenvalue weighted by Gasteiger charge is 2.35. The van der Waals surface area contributed by atoms with Gasteiger partial charge in [0.1, 0.15) is 0 Å². The minimum Gasteiger partial charge on any atom is -0.381 e. The van der Waals surface area contributed by atoms with Crippen LogP contribution in [0.15, 0.2) is 0 Å². The number of rotatable bonds is 4. The zero-order valence-corrected chi connectivity index (χ0v) is 12.0. The average Bonchev–Trinajstić information content (AvgIpc) is 2.66. The Balaban J connectivity index is 1.92. The Labute approximate surface area is 112 Å². The van der Waals surface area contributed by atoms with Gasteiger partial charge in [-0.1, -0.05) is 19.3 Å². The van der Waals surface area contributed by atoms with Crippen molar-refractivity contribution in [3.8, 4) is 0 Å². The van der Waals surface area contributed by atoms with E-state index in [1.807, 2.05) is 0 Å². The maximum Gasteiger partial charge on any atom is 0.0484 e. The lowest BCUT2D eigenvalue weighted by Gasteiger charge is -2.42. The van der Waals surface area contributed by atoms with Crippen molar-refractivity contribution in [1.29, 1.82) is 0 Å². The molecule has 0 spiro atoms. The highest BCUT2D eigenvalue weighted by Crippen LogP contribution is 2.30. The molecule has 0 aromatic rings. The molecule has 1 heterocycles. The molecule has 106 valence electrons. The monoisotopic (exact) mass is 254 g/mol. The lowest BCUT2D eigenvalue weighted by atomic mass is 9.85. The van der Waals surface area contributed by atoms with Gasteiger partial charge in [-0.25, -0.2) is 0 Å². The third kappa shape index (κ3) is 3.46. The highest BCUT2D eigenvalue weighted by molar-refractivity contribution is 4.92. The van der Waals surface area contributed by atoms with Crippen LogP contribution in [0.4, 0.5) is 0 Å². The van der Waals surface area contributed by atoms with Gasteiger partial charge < -0.3 is 10.5 Å².